The second-order valence-corrected chi connectivity index (χ2v) is 6.98. The third kappa shape index (κ3) is 2.95. The fourth-order valence-corrected chi connectivity index (χ4v) is 4.29. The molecular formula is C19H24N4O2. The Morgan fingerprint density at radius 2 is 1.80 bits per heavy atom. The number of nitrogens with zero attached hydrogens (tertiary/aromatic N) is 4. The summed E-state index contributed by atoms with van der Waals surface area (Å²) in [5, 5.41) is 0. The third-order valence-corrected chi connectivity index (χ3v) is 5.55. The number of ether oxygens (including phenoxy) is 2. The van der Waals surface area contributed by atoms with E-state index >= 15 is 0 Å². The van der Waals surface area contributed by atoms with Crippen LogP contribution >= 0.6 is 0 Å². The van der Waals surface area contributed by atoms with Crippen LogP contribution in [0.25, 0.3) is 11.3 Å². The minimum atomic E-state index is 0.280. The van der Waals surface area contributed by atoms with Crippen LogP contribution in [0.2, 0.25) is 0 Å². The van der Waals surface area contributed by atoms with Crippen molar-refractivity contribution in [3.05, 3.63) is 30.1 Å². The molecule has 0 amide bonds. The van der Waals surface area contributed by atoms with Crippen LogP contribution in [0.3, 0.4) is 0 Å². The molecule has 6 heteroatoms. The average Bonchev–Trinajstić information content (AvgIpc) is 2.67. The minimum Gasteiger partial charge on any atom is -0.480 e. The lowest BCUT2D eigenvalue weighted by Gasteiger charge is -2.47. The zero-order chi connectivity index (χ0) is 17.3. The molecule has 0 atom stereocenters. The maximum absolute atomic E-state index is 5.38. The maximum Gasteiger partial charge on any atom is 0.319 e. The number of aromatic nitrogens is 3. The number of fused-ring (bicyclic) bond motifs is 2. The molecule has 2 bridgehead atoms. The van der Waals surface area contributed by atoms with E-state index in [1.165, 1.54) is 50.9 Å². The van der Waals surface area contributed by atoms with Gasteiger partial charge in [0, 0.05) is 24.4 Å². The molecule has 2 aliphatic rings. The maximum atomic E-state index is 5.38. The van der Waals surface area contributed by atoms with E-state index in [1.54, 1.807) is 20.4 Å². The zero-order valence-electron chi connectivity index (χ0n) is 14.9. The van der Waals surface area contributed by atoms with Gasteiger partial charge in [0.1, 0.15) is 0 Å². The van der Waals surface area contributed by atoms with Gasteiger partial charge in [-0.05, 0) is 50.4 Å². The lowest BCUT2D eigenvalue weighted by Crippen LogP contribution is -2.50. The molecule has 132 valence electrons. The van der Waals surface area contributed by atoms with Crippen LogP contribution in [0.5, 0.6) is 11.9 Å². The lowest BCUT2D eigenvalue weighted by molar-refractivity contribution is 0.0941. The molecule has 4 rings (SSSR count). The molecule has 2 saturated heterocycles. The normalized spacial score (nSPS) is 25.4. The van der Waals surface area contributed by atoms with Crippen molar-refractivity contribution in [3.63, 3.8) is 0 Å². The first-order valence-electron chi connectivity index (χ1n) is 8.88. The van der Waals surface area contributed by atoms with E-state index in [0.717, 1.165) is 11.3 Å². The molecule has 2 aliphatic heterocycles. The van der Waals surface area contributed by atoms with Crippen molar-refractivity contribution in [1.29, 1.82) is 0 Å². The second kappa shape index (κ2) is 6.59. The highest BCUT2D eigenvalue weighted by Gasteiger charge is 2.39. The number of piperidine rings is 2. The van der Waals surface area contributed by atoms with Crippen LogP contribution in [0.1, 0.15) is 31.2 Å². The van der Waals surface area contributed by atoms with Crippen molar-refractivity contribution in [1.82, 2.24) is 19.9 Å². The van der Waals surface area contributed by atoms with Crippen LogP contribution in [0.4, 0.5) is 0 Å². The van der Waals surface area contributed by atoms with Crippen LogP contribution in [-0.4, -0.2) is 53.7 Å². The molecule has 6 nitrogen and oxygen atoms in total. The minimum absolute atomic E-state index is 0.280. The molecule has 25 heavy (non-hydrogen) atoms. The van der Waals surface area contributed by atoms with Gasteiger partial charge in [0.05, 0.1) is 25.5 Å². The number of rotatable bonds is 4. The standard InChI is InChI=1S/C19H24N4O2/c1-24-17-15(12-21-18(22-17)25-2)16-6-5-14(11-20-16)19-7-3-9-23(13-19)10-4-8-19/h5-6,11-12H,3-4,7-10,13H2,1-2H3. The van der Waals surface area contributed by atoms with Gasteiger partial charge in [-0.25, -0.2) is 4.98 Å². The van der Waals surface area contributed by atoms with Crippen molar-refractivity contribution in [2.45, 2.75) is 31.1 Å². The average molecular weight is 340 g/mol. The first kappa shape index (κ1) is 16.3. The van der Waals surface area contributed by atoms with Crippen molar-refractivity contribution in [3.8, 4) is 23.1 Å². The molecule has 0 aliphatic carbocycles. The number of pyridine rings is 1. The summed E-state index contributed by atoms with van der Waals surface area (Å²) < 4.78 is 10.4. The summed E-state index contributed by atoms with van der Waals surface area (Å²) in [5.41, 5.74) is 3.24. The zero-order valence-corrected chi connectivity index (χ0v) is 14.9. The molecular weight excluding hydrogens is 316 g/mol. The van der Waals surface area contributed by atoms with Gasteiger partial charge in [-0.1, -0.05) is 6.07 Å². The van der Waals surface area contributed by atoms with Crippen LogP contribution in [-0.2, 0) is 5.41 Å². The molecule has 0 saturated carbocycles. The van der Waals surface area contributed by atoms with E-state index in [4.69, 9.17) is 14.5 Å². The summed E-state index contributed by atoms with van der Waals surface area (Å²) in [5.74, 6) is 0.478. The lowest BCUT2D eigenvalue weighted by atomic mass is 9.69. The van der Waals surface area contributed by atoms with Crippen molar-refractivity contribution < 1.29 is 9.47 Å². The monoisotopic (exact) mass is 340 g/mol. The molecule has 0 spiro atoms. The second-order valence-electron chi connectivity index (χ2n) is 6.98. The SMILES string of the molecule is COc1ncc(-c2ccc(C34CCCN(CCC3)C4)cn2)c(OC)n1. The summed E-state index contributed by atoms with van der Waals surface area (Å²) in [6.45, 7) is 3.66. The van der Waals surface area contributed by atoms with Crippen LogP contribution in [0.15, 0.2) is 24.5 Å². The van der Waals surface area contributed by atoms with Gasteiger partial charge in [0.15, 0.2) is 0 Å². The molecule has 0 N–H and O–H groups in total. The Morgan fingerprint density at radius 3 is 2.44 bits per heavy atom. The quantitative estimate of drug-likeness (QED) is 0.853. The van der Waals surface area contributed by atoms with E-state index in [0.29, 0.717) is 11.9 Å². The fraction of sp³-hybridized carbons (Fsp3) is 0.526. The Bertz CT molecular complexity index is 738. The fourth-order valence-electron chi connectivity index (χ4n) is 4.29. The van der Waals surface area contributed by atoms with Crippen LogP contribution < -0.4 is 9.47 Å². The smallest absolute Gasteiger partial charge is 0.319 e. The summed E-state index contributed by atoms with van der Waals surface area (Å²) in [6.07, 6.45) is 8.82. The highest BCUT2D eigenvalue weighted by atomic mass is 16.5. The Balaban J connectivity index is 1.64. The molecule has 2 aromatic rings. The van der Waals surface area contributed by atoms with Gasteiger partial charge >= 0.3 is 6.01 Å². The number of hydrogen-bond acceptors (Lipinski definition) is 6. The summed E-state index contributed by atoms with van der Waals surface area (Å²) in [4.78, 5) is 15.7. The highest BCUT2D eigenvalue weighted by molar-refractivity contribution is 5.64. The van der Waals surface area contributed by atoms with Crippen molar-refractivity contribution >= 4 is 0 Å². The highest BCUT2D eigenvalue weighted by Crippen LogP contribution is 2.41. The van der Waals surface area contributed by atoms with Gasteiger partial charge in [0.25, 0.3) is 0 Å². The number of methoxy groups -OCH3 is 2. The molecule has 4 heterocycles. The summed E-state index contributed by atoms with van der Waals surface area (Å²) >= 11 is 0. The predicted octanol–water partition coefficient (Wildman–Crippen LogP) is 2.68. The topological polar surface area (TPSA) is 60.4 Å². The molecule has 2 fully saturated rings. The van der Waals surface area contributed by atoms with Crippen molar-refractivity contribution in [2.75, 3.05) is 33.9 Å². The Morgan fingerprint density at radius 1 is 1.00 bits per heavy atom. The van der Waals surface area contributed by atoms with E-state index in [2.05, 4.69) is 27.0 Å². The third-order valence-electron chi connectivity index (χ3n) is 5.55. The Hall–Kier alpha value is -2.21. The molecule has 0 radical (unpaired) electrons. The Labute approximate surface area is 148 Å². The van der Waals surface area contributed by atoms with Gasteiger partial charge in [-0.3, -0.25) is 4.98 Å². The molecule has 2 aromatic heterocycles. The van der Waals surface area contributed by atoms with E-state index in [-0.39, 0.29) is 5.41 Å². The van der Waals surface area contributed by atoms with Gasteiger partial charge < -0.3 is 14.4 Å². The van der Waals surface area contributed by atoms with E-state index in [9.17, 15) is 0 Å². The predicted molar refractivity (Wildman–Crippen MR) is 95.0 cm³/mol. The largest absolute Gasteiger partial charge is 0.480 e. The molecule has 0 unspecified atom stereocenters. The van der Waals surface area contributed by atoms with E-state index < -0.39 is 0 Å². The van der Waals surface area contributed by atoms with E-state index in [1.807, 2.05) is 6.20 Å². The van der Waals surface area contributed by atoms with Gasteiger partial charge in [-0.15, -0.1) is 0 Å². The summed E-state index contributed by atoms with van der Waals surface area (Å²) in [6, 6.07) is 4.58. The number of hydrogen-bond donors (Lipinski definition) is 0. The summed E-state index contributed by atoms with van der Waals surface area (Å²) in [7, 11) is 3.13. The van der Waals surface area contributed by atoms with Gasteiger partial charge in [0.2, 0.25) is 5.88 Å². The van der Waals surface area contributed by atoms with Crippen molar-refractivity contribution in [2.24, 2.45) is 0 Å². The van der Waals surface area contributed by atoms with Gasteiger partial charge in [-0.2, -0.15) is 4.98 Å². The first-order valence-corrected chi connectivity index (χ1v) is 8.88. The van der Waals surface area contributed by atoms with Crippen LogP contribution in [0, 0.1) is 0 Å². The first-order chi connectivity index (χ1) is 12.2. The molecule has 0 aromatic carbocycles. The Kier molecular flexibility index (Phi) is 4.29.